The highest BCUT2D eigenvalue weighted by atomic mass is 15.1. The Labute approximate surface area is 645 Å². The van der Waals surface area contributed by atoms with Crippen LogP contribution in [0.15, 0.2) is 313 Å². The van der Waals surface area contributed by atoms with Crippen molar-refractivity contribution in [3.8, 4) is 33.5 Å². The molecule has 8 aliphatic carbocycles. The molecule has 0 fully saturated rings. The van der Waals surface area contributed by atoms with Crippen molar-refractivity contribution in [2.75, 3.05) is 6.67 Å². The number of benzene rings is 11. The number of nitrogens with one attached hydrogen (secondary N) is 1. The lowest BCUT2D eigenvalue weighted by Crippen LogP contribution is -2.38. The first-order valence-corrected chi connectivity index (χ1v) is 37.1. The number of hydrogen-bond donors (Lipinski definition) is 1. The van der Waals surface area contributed by atoms with Crippen molar-refractivity contribution < 1.29 is 0 Å². The van der Waals surface area contributed by atoms with Gasteiger partial charge in [0, 0.05) is 92.0 Å². The Morgan fingerprint density at radius 1 is 0.327 bits per heavy atom. The van der Waals surface area contributed by atoms with Gasteiger partial charge in [-0.25, -0.2) is 9.97 Å². The molecule has 0 bridgehead atoms. The van der Waals surface area contributed by atoms with Crippen molar-refractivity contribution in [1.82, 2.24) is 35.2 Å². The molecule has 16 aromatic rings. The standard InChI is InChI=1S/C21H18.C20H13N.C19H16N2.C19H12N2.C18H11N3.5CH4/c1-3-8-17-14(6-1)12-16-13-15-7-2-4-9-18(15)20-11-5-10-19(17)21(16)20;1-2-7-14-13(6-1)12-19-20-16(14)9-5-10-17(20)15-8-3-4-11-18(15)21-19;1-3-7-15-12(5-1)9-14-10-13-6-2-4-8-16(13)19-17(14)18(15)20-11-21-19;1-2-6-13-12(5-1)9-18-19-15(13)10-20-11-16(19)14-7-3-4-8-17(14)21-18;1-2-6-12-11(5-1)9-15-16-17(12)19-10-20-18(16)13-7-3-4-8-14(13)21-15;;;;;/h1-4,6-10,20H,5,11-13H2;1-11H,12H2;1-8,18,20H,9-11H2;1-8,10-11H,9H2;1-8,10H,9H2;5*1H4/t20-;;18-;;;;;;;/m0.0......./s1. The van der Waals surface area contributed by atoms with Gasteiger partial charge in [-0.05, 0) is 151 Å². The third-order valence-corrected chi connectivity index (χ3v) is 23.3. The average Bonchev–Trinajstić information content (AvgIpc) is 0.763. The number of allylic oxidation sites excluding steroid dienone is 5. The topological polar surface area (TPSA) is 102 Å². The van der Waals surface area contributed by atoms with Crippen LogP contribution in [-0.2, 0) is 44.9 Å². The van der Waals surface area contributed by atoms with Crippen LogP contribution in [0.25, 0.3) is 104 Å². The van der Waals surface area contributed by atoms with E-state index in [2.05, 4.69) is 263 Å². The summed E-state index contributed by atoms with van der Waals surface area (Å²) in [6.45, 7) is 0.708. The molecule has 8 nitrogen and oxygen atoms in total. The minimum atomic E-state index is 0. The molecule has 0 spiro atoms. The second-order valence-electron chi connectivity index (χ2n) is 29.0. The first kappa shape index (κ1) is 71.7. The summed E-state index contributed by atoms with van der Waals surface area (Å²) < 4.78 is 0. The summed E-state index contributed by atoms with van der Waals surface area (Å²) in [4.78, 5) is 33.0. The van der Waals surface area contributed by atoms with Gasteiger partial charge in [-0.2, -0.15) is 0 Å². The van der Waals surface area contributed by atoms with Crippen LogP contribution in [0.1, 0.15) is 140 Å². The van der Waals surface area contributed by atoms with E-state index in [4.69, 9.17) is 19.9 Å². The normalized spacial score (nSPS) is 15.6. The van der Waals surface area contributed by atoms with Gasteiger partial charge < -0.3 is 0 Å². The average molecular weight is 1430 g/mol. The predicted octanol–water partition coefficient (Wildman–Crippen LogP) is 24.5. The molecule has 110 heavy (non-hydrogen) atoms. The van der Waals surface area contributed by atoms with Crippen molar-refractivity contribution >= 4 is 76.4 Å². The summed E-state index contributed by atoms with van der Waals surface area (Å²) >= 11 is 0. The Hall–Kier alpha value is -12.5. The van der Waals surface area contributed by atoms with Crippen molar-refractivity contribution in [3.05, 3.63) is 386 Å². The van der Waals surface area contributed by atoms with Crippen LogP contribution in [0.2, 0.25) is 0 Å². The molecule has 8 heteroatoms. The number of fused-ring (bicyclic) bond motifs is 20. The molecule has 1 aliphatic heterocycles. The van der Waals surface area contributed by atoms with Gasteiger partial charge in [0.1, 0.15) is 6.33 Å². The fourth-order valence-electron chi connectivity index (χ4n) is 18.8. The van der Waals surface area contributed by atoms with Crippen LogP contribution in [-0.4, -0.2) is 42.3 Å². The van der Waals surface area contributed by atoms with Crippen LogP contribution >= 0.6 is 0 Å². The number of aromatic nitrogens is 6. The SMILES string of the molecule is C.C.C.C.C.C1=C2C3=C(Cc4ccccc42)Cc2ccccc2[C@@H]3CC1.c1ccc2c(c1)CC1=C3C2=NCN[C@H]3c2ccccc2C1.c1ccc2c(c1)Cc1nc3ccccc3c3cccc-2c13.c1ccc2c(c1)Cc1nc3ccccc3c3cncc-2c13.c1ccc2c(c1)Cc1nc3ccccc3c3ncnc-2c13. The fraction of sp³-hybridized carbons (Fsp3) is 0.167. The van der Waals surface area contributed by atoms with Crippen molar-refractivity contribution in [1.29, 1.82) is 0 Å². The largest absolute Gasteiger partial charge is 0.287 e. The number of para-hydroxylation sites is 3. The minimum absolute atomic E-state index is 0. The van der Waals surface area contributed by atoms with Gasteiger partial charge in [0.25, 0.3) is 0 Å². The Bertz CT molecular complexity index is 5940. The zero-order valence-electron chi connectivity index (χ0n) is 58.0. The minimum Gasteiger partial charge on any atom is -0.287 e. The molecule has 1 N–H and O–H groups in total. The lowest BCUT2D eigenvalue weighted by molar-refractivity contribution is 0.582. The van der Waals surface area contributed by atoms with Gasteiger partial charge in [-0.3, -0.25) is 30.2 Å². The molecule has 11 aromatic carbocycles. The van der Waals surface area contributed by atoms with E-state index in [0.717, 1.165) is 89.2 Å². The maximum absolute atomic E-state index is 4.93. The van der Waals surface area contributed by atoms with Gasteiger partial charge in [-0.15, -0.1) is 0 Å². The Balaban J connectivity index is 0.000000103. The molecular formula is C102H90N8. The van der Waals surface area contributed by atoms with E-state index in [1.807, 2.05) is 36.7 Å². The van der Waals surface area contributed by atoms with Gasteiger partial charge in [0.2, 0.25) is 0 Å². The number of aliphatic imine (C=N–C) groups is 1. The van der Waals surface area contributed by atoms with E-state index in [9.17, 15) is 0 Å². The molecule has 0 amide bonds. The van der Waals surface area contributed by atoms with Crippen molar-refractivity contribution in [2.24, 2.45) is 4.99 Å². The molecule has 5 aromatic heterocycles. The summed E-state index contributed by atoms with van der Waals surface area (Å²) in [5, 5.41) is 13.4. The molecule has 6 heterocycles. The molecule has 538 valence electrons. The third-order valence-electron chi connectivity index (χ3n) is 23.3. The summed E-state index contributed by atoms with van der Waals surface area (Å²) in [7, 11) is 0. The quantitative estimate of drug-likeness (QED) is 0.151. The lowest BCUT2D eigenvalue weighted by atomic mass is 9.65. The monoisotopic (exact) mass is 1430 g/mol. The summed E-state index contributed by atoms with van der Waals surface area (Å²) in [6.07, 6.45) is 17.7. The Morgan fingerprint density at radius 3 is 1.43 bits per heavy atom. The van der Waals surface area contributed by atoms with Crippen LogP contribution < -0.4 is 5.32 Å². The number of hydrogen-bond acceptors (Lipinski definition) is 8. The van der Waals surface area contributed by atoms with E-state index in [0.29, 0.717) is 18.6 Å². The first-order chi connectivity index (χ1) is 52.1. The number of nitrogens with zero attached hydrogens (tertiary/aromatic N) is 7. The lowest BCUT2D eigenvalue weighted by Gasteiger charge is -2.38. The molecule has 0 saturated carbocycles. The maximum atomic E-state index is 4.93. The molecule has 0 unspecified atom stereocenters. The Morgan fingerprint density at radius 2 is 0.773 bits per heavy atom. The van der Waals surface area contributed by atoms with Gasteiger partial charge in [-0.1, -0.05) is 297 Å². The highest BCUT2D eigenvalue weighted by Crippen LogP contribution is 2.52. The Kier molecular flexibility index (Phi) is 19.3. The molecule has 9 aliphatic rings. The second kappa shape index (κ2) is 29.6. The summed E-state index contributed by atoms with van der Waals surface area (Å²) in [5.41, 5.74) is 39.9. The van der Waals surface area contributed by atoms with Crippen LogP contribution in [0, 0.1) is 0 Å². The van der Waals surface area contributed by atoms with Gasteiger partial charge >= 0.3 is 0 Å². The van der Waals surface area contributed by atoms with E-state index < -0.39 is 0 Å². The molecule has 25 rings (SSSR count). The number of rotatable bonds is 0. The number of pyridine rings is 4. The third kappa shape index (κ3) is 11.9. The van der Waals surface area contributed by atoms with E-state index in [-0.39, 0.29) is 37.1 Å². The van der Waals surface area contributed by atoms with Crippen LogP contribution in [0.5, 0.6) is 0 Å². The second-order valence-corrected chi connectivity index (χ2v) is 29.0. The van der Waals surface area contributed by atoms with Gasteiger partial charge in [0.15, 0.2) is 0 Å². The summed E-state index contributed by atoms with van der Waals surface area (Å²) in [6, 6.07) is 93.2. The molecule has 0 saturated heterocycles. The fourth-order valence-corrected chi connectivity index (χ4v) is 18.8. The molecular weight excluding hydrogens is 1340 g/mol. The highest BCUT2D eigenvalue weighted by molar-refractivity contribution is 6.17. The molecule has 0 radical (unpaired) electrons. The highest BCUT2D eigenvalue weighted by Gasteiger charge is 2.38. The first-order valence-electron chi connectivity index (χ1n) is 37.1. The van der Waals surface area contributed by atoms with Gasteiger partial charge in [0.05, 0.1) is 63.3 Å². The zero-order valence-corrected chi connectivity index (χ0v) is 58.0. The van der Waals surface area contributed by atoms with Crippen molar-refractivity contribution in [2.45, 2.75) is 107 Å². The maximum Gasteiger partial charge on any atom is 0.116 e. The molecule has 2 atom stereocenters. The van der Waals surface area contributed by atoms with Crippen LogP contribution in [0.4, 0.5) is 0 Å². The van der Waals surface area contributed by atoms with E-state index in [1.165, 1.54) is 151 Å². The summed E-state index contributed by atoms with van der Waals surface area (Å²) in [5.74, 6) is 0.637. The van der Waals surface area contributed by atoms with E-state index >= 15 is 0 Å². The zero-order chi connectivity index (χ0) is 69.1. The predicted molar refractivity (Wildman–Crippen MR) is 461 cm³/mol. The van der Waals surface area contributed by atoms with Crippen LogP contribution in [0.3, 0.4) is 0 Å². The van der Waals surface area contributed by atoms with E-state index in [1.54, 1.807) is 34.2 Å². The smallest absolute Gasteiger partial charge is 0.116 e. The van der Waals surface area contributed by atoms with Crippen molar-refractivity contribution in [3.63, 3.8) is 0 Å².